The summed E-state index contributed by atoms with van der Waals surface area (Å²) in [5, 5.41) is 0. The number of fused-ring (bicyclic) bond motifs is 1. The van der Waals surface area contributed by atoms with E-state index in [0.717, 1.165) is 18.5 Å². The van der Waals surface area contributed by atoms with Gasteiger partial charge in [0.25, 0.3) is 0 Å². The van der Waals surface area contributed by atoms with Crippen molar-refractivity contribution < 1.29 is 0 Å². The maximum absolute atomic E-state index is 5.98. The number of aromatic nitrogens is 2. The number of hydrogen-bond acceptors (Lipinski definition) is 5. The summed E-state index contributed by atoms with van der Waals surface area (Å²) >= 11 is 0. The summed E-state index contributed by atoms with van der Waals surface area (Å²) in [7, 11) is 0. The van der Waals surface area contributed by atoms with Crippen LogP contribution in [0.2, 0.25) is 0 Å². The Morgan fingerprint density at radius 2 is 1.83 bits per heavy atom. The summed E-state index contributed by atoms with van der Waals surface area (Å²) in [5.41, 5.74) is 17.5. The van der Waals surface area contributed by atoms with E-state index in [1.165, 1.54) is 22.4 Å². The highest BCUT2D eigenvalue weighted by Crippen LogP contribution is 2.34. The third-order valence-electron chi connectivity index (χ3n) is 4.46. The number of nitrogen functional groups attached to an aromatic ring is 2. The van der Waals surface area contributed by atoms with E-state index < -0.39 is 0 Å². The molecule has 0 bridgehead atoms. The Morgan fingerprint density at radius 3 is 2.62 bits per heavy atom. The van der Waals surface area contributed by atoms with Crippen LogP contribution in [0.15, 0.2) is 54.7 Å². The first-order valence-electron chi connectivity index (χ1n) is 8.01. The van der Waals surface area contributed by atoms with Crippen LogP contribution in [0.5, 0.6) is 0 Å². The Morgan fingerprint density at radius 1 is 1.00 bits per heavy atom. The van der Waals surface area contributed by atoms with Crippen molar-refractivity contribution in [2.45, 2.75) is 13.0 Å². The van der Waals surface area contributed by atoms with E-state index in [0.29, 0.717) is 12.4 Å². The average Bonchev–Trinajstić information content (AvgIpc) is 3.00. The molecule has 0 saturated carbocycles. The van der Waals surface area contributed by atoms with E-state index >= 15 is 0 Å². The van der Waals surface area contributed by atoms with Crippen molar-refractivity contribution in [2.24, 2.45) is 0 Å². The van der Waals surface area contributed by atoms with Gasteiger partial charge in [0.05, 0.1) is 0 Å². The molecule has 4 N–H and O–H groups in total. The molecule has 4 rings (SSSR count). The molecule has 5 heteroatoms. The highest BCUT2D eigenvalue weighted by Gasteiger charge is 2.21. The predicted octanol–water partition coefficient (Wildman–Crippen LogP) is 2.87. The van der Waals surface area contributed by atoms with Gasteiger partial charge in [-0.1, -0.05) is 42.5 Å². The smallest absolute Gasteiger partial charge is 0.221 e. The van der Waals surface area contributed by atoms with Gasteiger partial charge >= 0.3 is 0 Å². The summed E-state index contributed by atoms with van der Waals surface area (Å²) in [5.74, 6) is 0.666. The monoisotopic (exact) mass is 317 g/mol. The van der Waals surface area contributed by atoms with Gasteiger partial charge in [0.15, 0.2) is 0 Å². The second-order valence-electron chi connectivity index (χ2n) is 6.02. The molecule has 0 fully saturated rings. The molecule has 0 unspecified atom stereocenters. The van der Waals surface area contributed by atoms with E-state index in [2.05, 4.69) is 57.3 Å². The number of anilines is 3. The Kier molecular flexibility index (Phi) is 3.54. The highest BCUT2D eigenvalue weighted by molar-refractivity contribution is 5.72. The Hall–Kier alpha value is -3.08. The van der Waals surface area contributed by atoms with Gasteiger partial charge < -0.3 is 16.4 Å². The first-order valence-corrected chi connectivity index (χ1v) is 8.01. The summed E-state index contributed by atoms with van der Waals surface area (Å²) < 4.78 is 0. The summed E-state index contributed by atoms with van der Waals surface area (Å²) in [4.78, 5) is 10.4. The fraction of sp³-hybridized carbons (Fsp3) is 0.158. The van der Waals surface area contributed by atoms with Gasteiger partial charge in [0, 0.05) is 30.5 Å². The minimum atomic E-state index is 0.212. The molecular weight excluding hydrogens is 298 g/mol. The molecule has 5 nitrogen and oxygen atoms in total. The Balaban J connectivity index is 1.65. The number of hydrogen-bond donors (Lipinski definition) is 2. The molecular formula is C19H19N5. The van der Waals surface area contributed by atoms with Crippen molar-refractivity contribution in [1.29, 1.82) is 0 Å². The van der Waals surface area contributed by atoms with Crippen LogP contribution < -0.4 is 16.4 Å². The summed E-state index contributed by atoms with van der Waals surface area (Å²) in [6.45, 7) is 1.66. The highest BCUT2D eigenvalue weighted by atomic mass is 15.2. The van der Waals surface area contributed by atoms with Crippen molar-refractivity contribution in [3.63, 3.8) is 0 Å². The van der Waals surface area contributed by atoms with Gasteiger partial charge in [-0.3, -0.25) is 0 Å². The largest absolute Gasteiger partial charge is 0.383 e. The van der Waals surface area contributed by atoms with Gasteiger partial charge in [-0.25, -0.2) is 4.98 Å². The van der Waals surface area contributed by atoms with Crippen LogP contribution in [-0.4, -0.2) is 16.5 Å². The van der Waals surface area contributed by atoms with Gasteiger partial charge in [0.1, 0.15) is 5.82 Å². The molecule has 1 aromatic heterocycles. The number of rotatable bonds is 3. The fourth-order valence-corrected chi connectivity index (χ4v) is 3.18. The van der Waals surface area contributed by atoms with Crippen LogP contribution in [0.4, 0.5) is 17.5 Å². The molecule has 120 valence electrons. The fourth-order valence-electron chi connectivity index (χ4n) is 3.18. The number of benzene rings is 2. The van der Waals surface area contributed by atoms with E-state index in [-0.39, 0.29) is 5.95 Å². The van der Waals surface area contributed by atoms with Crippen LogP contribution in [0.25, 0.3) is 11.1 Å². The molecule has 0 radical (unpaired) electrons. The Bertz CT molecular complexity index is 876. The normalized spacial score (nSPS) is 13.1. The van der Waals surface area contributed by atoms with Crippen molar-refractivity contribution in [1.82, 2.24) is 9.97 Å². The molecule has 2 heterocycles. The lowest BCUT2D eigenvalue weighted by molar-refractivity contribution is 0.830. The lowest BCUT2D eigenvalue weighted by Gasteiger charge is -2.20. The second-order valence-corrected chi connectivity index (χ2v) is 6.02. The van der Waals surface area contributed by atoms with Crippen molar-refractivity contribution in [3.8, 4) is 11.1 Å². The molecule has 3 aromatic rings. The van der Waals surface area contributed by atoms with Crippen LogP contribution in [0.1, 0.15) is 11.1 Å². The average molecular weight is 317 g/mol. The van der Waals surface area contributed by atoms with Crippen LogP contribution in [-0.2, 0) is 13.0 Å². The summed E-state index contributed by atoms with van der Waals surface area (Å²) in [6.07, 6.45) is 2.76. The van der Waals surface area contributed by atoms with Gasteiger partial charge in [-0.2, -0.15) is 4.98 Å². The molecule has 0 aliphatic carbocycles. The zero-order chi connectivity index (χ0) is 16.5. The van der Waals surface area contributed by atoms with Crippen LogP contribution in [0.3, 0.4) is 0 Å². The van der Waals surface area contributed by atoms with Crippen molar-refractivity contribution in [2.75, 3.05) is 22.9 Å². The third kappa shape index (κ3) is 2.65. The summed E-state index contributed by atoms with van der Waals surface area (Å²) in [6, 6.07) is 17.1. The minimum Gasteiger partial charge on any atom is -0.383 e. The maximum Gasteiger partial charge on any atom is 0.221 e. The van der Waals surface area contributed by atoms with Gasteiger partial charge in [-0.15, -0.1) is 0 Å². The molecule has 0 atom stereocenters. The second kappa shape index (κ2) is 5.85. The van der Waals surface area contributed by atoms with E-state index in [4.69, 9.17) is 11.5 Å². The molecule has 1 aliphatic rings. The van der Waals surface area contributed by atoms with E-state index in [1.54, 1.807) is 6.20 Å². The SMILES string of the molecule is Nc1ncc(CN2CCc3ccc(-c4ccccc4)cc32)c(N)n1. The van der Waals surface area contributed by atoms with Crippen LogP contribution in [0, 0.1) is 0 Å². The lowest BCUT2D eigenvalue weighted by Crippen LogP contribution is -2.21. The minimum absolute atomic E-state index is 0.212. The quantitative estimate of drug-likeness (QED) is 0.776. The number of nitrogens with zero attached hydrogens (tertiary/aromatic N) is 3. The third-order valence-corrected chi connectivity index (χ3v) is 4.46. The van der Waals surface area contributed by atoms with E-state index in [9.17, 15) is 0 Å². The first kappa shape index (κ1) is 14.5. The maximum atomic E-state index is 5.98. The van der Waals surface area contributed by atoms with Gasteiger partial charge in [0.2, 0.25) is 5.95 Å². The number of nitrogens with two attached hydrogens (primary N) is 2. The first-order chi connectivity index (χ1) is 11.7. The predicted molar refractivity (Wildman–Crippen MR) is 97.5 cm³/mol. The Labute approximate surface area is 141 Å². The molecule has 0 amide bonds. The zero-order valence-corrected chi connectivity index (χ0v) is 13.3. The standard InChI is InChI=1S/C19H19N5/c20-18-16(11-22-19(21)23-18)12-24-9-8-14-6-7-15(10-17(14)24)13-4-2-1-3-5-13/h1-7,10-11H,8-9,12H2,(H4,20,21,22,23). The molecule has 0 spiro atoms. The van der Waals surface area contributed by atoms with Crippen molar-refractivity contribution in [3.05, 3.63) is 65.9 Å². The molecule has 0 saturated heterocycles. The van der Waals surface area contributed by atoms with Crippen molar-refractivity contribution >= 4 is 17.5 Å². The molecule has 2 aromatic carbocycles. The van der Waals surface area contributed by atoms with E-state index in [1.807, 2.05) is 6.07 Å². The molecule has 1 aliphatic heterocycles. The van der Waals surface area contributed by atoms with Crippen LogP contribution >= 0.6 is 0 Å². The lowest BCUT2D eigenvalue weighted by atomic mass is 10.0. The molecule has 24 heavy (non-hydrogen) atoms. The van der Waals surface area contributed by atoms with Gasteiger partial charge in [-0.05, 0) is 29.2 Å². The topological polar surface area (TPSA) is 81.1 Å². The zero-order valence-electron chi connectivity index (χ0n) is 13.3.